The fourth-order valence-corrected chi connectivity index (χ4v) is 2.21. The Morgan fingerprint density at radius 2 is 2.00 bits per heavy atom. The zero-order valence-electron chi connectivity index (χ0n) is 11.6. The second-order valence-corrected chi connectivity index (χ2v) is 4.60. The molecule has 0 aliphatic heterocycles. The summed E-state index contributed by atoms with van der Waals surface area (Å²) in [5.41, 5.74) is 1.01. The van der Waals surface area contributed by atoms with Gasteiger partial charge in [0.2, 0.25) is 0 Å². The van der Waals surface area contributed by atoms with Gasteiger partial charge in [0.25, 0.3) is 0 Å². The molecular weight excluding hydrogens is 260 g/mol. The van der Waals surface area contributed by atoms with Crippen LogP contribution in [0.25, 0.3) is 0 Å². The van der Waals surface area contributed by atoms with Gasteiger partial charge in [0.1, 0.15) is 5.75 Å². The number of methoxy groups -OCH3 is 1. The third kappa shape index (κ3) is 3.29. The second kappa shape index (κ2) is 6.41. The van der Waals surface area contributed by atoms with Crippen LogP contribution in [0.15, 0.2) is 24.3 Å². The van der Waals surface area contributed by atoms with Gasteiger partial charge in [-0.05, 0) is 25.0 Å². The lowest BCUT2D eigenvalue weighted by Gasteiger charge is -2.07. The van der Waals surface area contributed by atoms with Crippen molar-refractivity contribution < 1.29 is 23.8 Å². The van der Waals surface area contributed by atoms with E-state index in [-0.39, 0.29) is 31.0 Å². The number of hydrogen-bond donors (Lipinski definition) is 0. The Labute approximate surface area is 117 Å². The van der Waals surface area contributed by atoms with E-state index < -0.39 is 5.97 Å². The Morgan fingerprint density at radius 1 is 1.25 bits per heavy atom. The molecule has 0 radical (unpaired) electrons. The van der Waals surface area contributed by atoms with E-state index in [4.69, 9.17) is 14.2 Å². The van der Waals surface area contributed by atoms with Crippen molar-refractivity contribution in [1.82, 2.24) is 0 Å². The van der Waals surface area contributed by atoms with Gasteiger partial charge < -0.3 is 14.2 Å². The molecule has 0 bridgehead atoms. The highest BCUT2D eigenvalue weighted by Gasteiger charge is 2.46. The molecule has 5 nitrogen and oxygen atoms in total. The molecule has 0 amide bonds. The lowest BCUT2D eigenvalue weighted by Crippen LogP contribution is -2.17. The molecule has 1 saturated carbocycles. The van der Waals surface area contributed by atoms with E-state index in [1.165, 1.54) is 0 Å². The van der Waals surface area contributed by atoms with Crippen molar-refractivity contribution in [3.63, 3.8) is 0 Å². The van der Waals surface area contributed by atoms with Gasteiger partial charge in [0.15, 0.2) is 6.61 Å². The molecule has 1 aromatic carbocycles. The van der Waals surface area contributed by atoms with Crippen LogP contribution >= 0.6 is 0 Å². The minimum absolute atomic E-state index is 0.112. The Morgan fingerprint density at radius 3 is 2.70 bits per heavy atom. The summed E-state index contributed by atoms with van der Waals surface area (Å²) in [6.45, 7) is 1.67. The molecule has 2 rings (SSSR count). The van der Waals surface area contributed by atoms with Crippen LogP contribution in [-0.2, 0) is 19.1 Å². The Kier molecular flexibility index (Phi) is 4.61. The van der Waals surface area contributed by atoms with Gasteiger partial charge in [-0.15, -0.1) is 0 Å². The van der Waals surface area contributed by atoms with Crippen molar-refractivity contribution in [2.24, 2.45) is 5.92 Å². The summed E-state index contributed by atoms with van der Waals surface area (Å²) in [6.07, 6.45) is 0.724. The Bertz CT molecular complexity index is 497. The van der Waals surface area contributed by atoms with Crippen LogP contribution < -0.4 is 4.74 Å². The molecular formula is C15H18O5. The minimum atomic E-state index is -0.518. The van der Waals surface area contributed by atoms with Gasteiger partial charge in [-0.25, -0.2) is 4.79 Å². The van der Waals surface area contributed by atoms with Crippen LogP contribution in [-0.4, -0.2) is 32.3 Å². The highest BCUT2D eigenvalue weighted by molar-refractivity contribution is 5.81. The monoisotopic (exact) mass is 278 g/mol. The van der Waals surface area contributed by atoms with Gasteiger partial charge in [-0.2, -0.15) is 0 Å². The van der Waals surface area contributed by atoms with E-state index >= 15 is 0 Å². The van der Waals surface area contributed by atoms with Gasteiger partial charge in [-0.1, -0.05) is 18.2 Å². The number of carbonyl (C=O) groups is 2. The molecule has 0 saturated heterocycles. The van der Waals surface area contributed by atoms with Crippen molar-refractivity contribution in [2.45, 2.75) is 19.3 Å². The molecule has 0 heterocycles. The fourth-order valence-electron chi connectivity index (χ4n) is 2.21. The summed E-state index contributed by atoms with van der Waals surface area (Å²) in [5, 5.41) is 0. The molecule has 0 N–H and O–H groups in total. The normalized spacial score (nSPS) is 20.1. The number of hydrogen-bond acceptors (Lipinski definition) is 5. The molecule has 0 spiro atoms. The highest BCUT2D eigenvalue weighted by Crippen LogP contribution is 2.50. The first-order chi connectivity index (χ1) is 9.67. The van der Waals surface area contributed by atoms with Gasteiger partial charge in [0, 0.05) is 5.92 Å². The van der Waals surface area contributed by atoms with Crippen LogP contribution in [0.2, 0.25) is 0 Å². The van der Waals surface area contributed by atoms with E-state index in [0.717, 1.165) is 17.7 Å². The average Bonchev–Trinajstić information content (AvgIpc) is 3.25. The van der Waals surface area contributed by atoms with Gasteiger partial charge in [-0.3, -0.25) is 4.79 Å². The molecule has 20 heavy (non-hydrogen) atoms. The van der Waals surface area contributed by atoms with Gasteiger partial charge in [0.05, 0.1) is 19.6 Å². The molecule has 2 atom stereocenters. The van der Waals surface area contributed by atoms with E-state index in [1.807, 2.05) is 24.3 Å². The molecule has 0 aromatic heterocycles. The van der Waals surface area contributed by atoms with Gasteiger partial charge >= 0.3 is 11.9 Å². The van der Waals surface area contributed by atoms with Crippen LogP contribution in [0.4, 0.5) is 0 Å². The molecule has 5 heteroatoms. The van der Waals surface area contributed by atoms with Crippen LogP contribution in [0.1, 0.15) is 24.8 Å². The Balaban J connectivity index is 1.88. The predicted molar refractivity (Wildman–Crippen MR) is 71.4 cm³/mol. The fraction of sp³-hybridized carbons (Fsp3) is 0.467. The van der Waals surface area contributed by atoms with E-state index in [9.17, 15) is 9.59 Å². The maximum atomic E-state index is 11.8. The number of benzene rings is 1. The summed E-state index contributed by atoms with van der Waals surface area (Å²) >= 11 is 0. The first kappa shape index (κ1) is 14.4. The predicted octanol–water partition coefficient (Wildman–Crippen LogP) is 1.91. The zero-order valence-corrected chi connectivity index (χ0v) is 11.6. The van der Waals surface area contributed by atoms with Crippen LogP contribution in [0.3, 0.4) is 0 Å². The number of carbonyl (C=O) groups excluding carboxylic acids is 2. The number of rotatable bonds is 6. The number of para-hydroxylation sites is 1. The third-order valence-electron chi connectivity index (χ3n) is 3.27. The molecule has 108 valence electrons. The van der Waals surface area contributed by atoms with Crippen molar-refractivity contribution in [3.8, 4) is 5.75 Å². The number of esters is 2. The topological polar surface area (TPSA) is 61.8 Å². The Hall–Kier alpha value is -2.04. The lowest BCUT2D eigenvalue weighted by molar-refractivity contribution is -0.159. The standard InChI is InChI=1S/C15H18O5/c1-3-19-14(16)9-20-15(17)12-8-11(12)10-6-4-5-7-13(10)18-2/h4-7,11-12H,3,8-9H2,1-2H3. The lowest BCUT2D eigenvalue weighted by atomic mass is 10.1. The molecule has 1 aliphatic carbocycles. The molecule has 1 aromatic rings. The smallest absolute Gasteiger partial charge is 0.344 e. The van der Waals surface area contributed by atoms with E-state index in [2.05, 4.69) is 0 Å². The van der Waals surface area contributed by atoms with E-state index in [1.54, 1.807) is 14.0 Å². The summed E-state index contributed by atoms with van der Waals surface area (Å²) in [7, 11) is 1.61. The van der Waals surface area contributed by atoms with Crippen LogP contribution in [0.5, 0.6) is 5.75 Å². The molecule has 2 unspecified atom stereocenters. The SMILES string of the molecule is CCOC(=O)COC(=O)C1CC1c1ccccc1OC. The summed E-state index contributed by atoms with van der Waals surface area (Å²) in [5.74, 6) is -0.177. The first-order valence-electron chi connectivity index (χ1n) is 6.62. The second-order valence-electron chi connectivity index (χ2n) is 4.60. The number of ether oxygens (including phenoxy) is 3. The van der Waals surface area contributed by atoms with Crippen molar-refractivity contribution in [2.75, 3.05) is 20.3 Å². The summed E-state index contributed by atoms with van der Waals surface area (Å²) in [6, 6.07) is 7.62. The van der Waals surface area contributed by atoms with Crippen molar-refractivity contribution in [3.05, 3.63) is 29.8 Å². The first-order valence-corrected chi connectivity index (χ1v) is 6.62. The van der Waals surface area contributed by atoms with Crippen LogP contribution in [0, 0.1) is 5.92 Å². The van der Waals surface area contributed by atoms with E-state index in [0.29, 0.717) is 0 Å². The average molecular weight is 278 g/mol. The maximum Gasteiger partial charge on any atom is 0.344 e. The quantitative estimate of drug-likeness (QED) is 0.744. The van der Waals surface area contributed by atoms with Crippen molar-refractivity contribution in [1.29, 1.82) is 0 Å². The molecule has 1 fully saturated rings. The molecule has 1 aliphatic rings. The highest BCUT2D eigenvalue weighted by atomic mass is 16.6. The largest absolute Gasteiger partial charge is 0.496 e. The minimum Gasteiger partial charge on any atom is -0.496 e. The summed E-state index contributed by atoms with van der Waals surface area (Å²) in [4.78, 5) is 22.9. The maximum absolute atomic E-state index is 11.8. The zero-order chi connectivity index (χ0) is 14.5. The van der Waals surface area contributed by atoms with Crippen molar-refractivity contribution >= 4 is 11.9 Å². The summed E-state index contributed by atoms with van der Waals surface area (Å²) < 4.78 is 14.9. The third-order valence-corrected chi connectivity index (χ3v) is 3.27.